The molecular weight excluding hydrogens is 326 g/mol. The lowest BCUT2D eigenvalue weighted by Gasteiger charge is -2.13. The van der Waals surface area contributed by atoms with E-state index in [1.54, 1.807) is 44.4 Å². The Morgan fingerprint density at radius 1 is 1.24 bits per heavy atom. The van der Waals surface area contributed by atoms with E-state index in [0.717, 1.165) is 0 Å². The number of non-ortho nitro benzene ring substituents is 1. The van der Waals surface area contributed by atoms with Gasteiger partial charge in [-0.1, -0.05) is 12.1 Å². The normalized spacial score (nSPS) is 11.8. The Hall–Kier alpha value is -3.42. The molecule has 8 heteroatoms. The number of carbonyl (C=O) groups excluding carboxylic acids is 1. The van der Waals surface area contributed by atoms with E-state index >= 15 is 0 Å². The van der Waals surface area contributed by atoms with Gasteiger partial charge in [-0.15, -0.1) is 0 Å². The smallest absolute Gasteiger partial charge is 0.280 e. The first-order valence-electron chi connectivity index (χ1n) is 7.37. The Morgan fingerprint density at radius 3 is 2.56 bits per heavy atom. The fourth-order valence-electron chi connectivity index (χ4n) is 1.89. The first-order valence-corrected chi connectivity index (χ1v) is 7.37. The zero-order chi connectivity index (χ0) is 18.2. The van der Waals surface area contributed by atoms with Gasteiger partial charge in [0.15, 0.2) is 6.10 Å². The quantitative estimate of drug-likeness (QED) is 0.473. The summed E-state index contributed by atoms with van der Waals surface area (Å²) in [5, 5.41) is 14.5. The lowest BCUT2D eigenvalue weighted by molar-refractivity contribution is -0.384. The van der Waals surface area contributed by atoms with Crippen LogP contribution in [0.25, 0.3) is 0 Å². The molecule has 25 heavy (non-hydrogen) atoms. The van der Waals surface area contributed by atoms with Crippen molar-refractivity contribution < 1.29 is 19.2 Å². The molecule has 2 rings (SSSR count). The number of ether oxygens (including phenoxy) is 2. The number of nitrogens with zero attached hydrogens (tertiary/aromatic N) is 2. The number of nitro groups is 1. The molecule has 2 aromatic rings. The van der Waals surface area contributed by atoms with E-state index in [1.807, 2.05) is 0 Å². The van der Waals surface area contributed by atoms with Crippen molar-refractivity contribution in [2.24, 2.45) is 5.10 Å². The Kier molecular flexibility index (Phi) is 6.05. The third kappa shape index (κ3) is 5.31. The SMILES string of the molecule is COc1ccc(OC(C)C(=O)N/N=C/c2cccc([N+](=O)[O-])c2)cc1. The van der Waals surface area contributed by atoms with E-state index < -0.39 is 16.9 Å². The van der Waals surface area contributed by atoms with Gasteiger partial charge in [0.2, 0.25) is 0 Å². The number of benzene rings is 2. The predicted octanol–water partition coefficient (Wildman–Crippen LogP) is 2.52. The first kappa shape index (κ1) is 17.9. The highest BCUT2D eigenvalue weighted by molar-refractivity contribution is 5.84. The summed E-state index contributed by atoms with van der Waals surface area (Å²) in [6.07, 6.45) is 0.556. The van der Waals surface area contributed by atoms with E-state index in [9.17, 15) is 14.9 Å². The van der Waals surface area contributed by atoms with Gasteiger partial charge < -0.3 is 9.47 Å². The number of hydrogen-bond donors (Lipinski definition) is 1. The molecule has 0 aliphatic rings. The van der Waals surface area contributed by atoms with Gasteiger partial charge in [-0.2, -0.15) is 5.10 Å². The Labute approximate surface area is 144 Å². The summed E-state index contributed by atoms with van der Waals surface area (Å²) in [5.74, 6) is 0.759. The summed E-state index contributed by atoms with van der Waals surface area (Å²) in [5.41, 5.74) is 2.78. The van der Waals surface area contributed by atoms with Gasteiger partial charge >= 0.3 is 0 Å². The third-order valence-electron chi connectivity index (χ3n) is 3.21. The second kappa shape index (κ2) is 8.44. The van der Waals surface area contributed by atoms with Crippen LogP contribution in [0.5, 0.6) is 11.5 Å². The van der Waals surface area contributed by atoms with E-state index in [1.165, 1.54) is 24.4 Å². The molecular formula is C17H17N3O5. The van der Waals surface area contributed by atoms with Crippen LogP contribution in [0.3, 0.4) is 0 Å². The van der Waals surface area contributed by atoms with E-state index in [0.29, 0.717) is 17.1 Å². The number of nitrogens with one attached hydrogen (secondary N) is 1. The van der Waals surface area contributed by atoms with Gasteiger partial charge in [0.25, 0.3) is 11.6 Å². The van der Waals surface area contributed by atoms with Crippen LogP contribution in [0.4, 0.5) is 5.69 Å². The van der Waals surface area contributed by atoms with Gasteiger partial charge in [0, 0.05) is 17.7 Å². The monoisotopic (exact) mass is 343 g/mol. The van der Waals surface area contributed by atoms with Crippen LogP contribution >= 0.6 is 0 Å². The number of hydrogen-bond acceptors (Lipinski definition) is 6. The molecule has 0 saturated heterocycles. The summed E-state index contributed by atoms with van der Waals surface area (Å²) in [7, 11) is 1.56. The van der Waals surface area contributed by atoms with E-state index in [2.05, 4.69) is 10.5 Å². The van der Waals surface area contributed by atoms with Crippen molar-refractivity contribution >= 4 is 17.8 Å². The van der Waals surface area contributed by atoms with Gasteiger partial charge in [0.05, 0.1) is 18.2 Å². The fourth-order valence-corrected chi connectivity index (χ4v) is 1.89. The van der Waals surface area contributed by atoms with Crippen molar-refractivity contribution in [2.45, 2.75) is 13.0 Å². The van der Waals surface area contributed by atoms with E-state index in [-0.39, 0.29) is 5.69 Å². The van der Waals surface area contributed by atoms with Gasteiger partial charge in [-0.05, 0) is 31.2 Å². The van der Waals surface area contributed by atoms with Crippen LogP contribution in [-0.4, -0.2) is 30.3 Å². The van der Waals surface area contributed by atoms with E-state index in [4.69, 9.17) is 9.47 Å². The number of methoxy groups -OCH3 is 1. The Morgan fingerprint density at radius 2 is 1.92 bits per heavy atom. The van der Waals surface area contributed by atoms with Crippen molar-refractivity contribution in [3.63, 3.8) is 0 Å². The topological polar surface area (TPSA) is 103 Å². The number of rotatable bonds is 7. The molecule has 1 atom stereocenters. The molecule has 1 amide bonds. The summed E-state index contributed by atoms with van der Waals surface area (Å²) in [4.78, 5) is 22.2. The molecule has 1 unspecified atom stereocenters. The van der Waals surface area contributed by atoms with Crippen LogP contribution in [-0.2, 0) is 4.79 Å². The lowest BCUT2D eigenvalue weighted by Crippen LogP contribution is -2.33. The van der Waals surface area contributed by atoms with Crippen molar-refractivity contribution in [2.75, 3.05) is 7.11 Å². The molecule has 0 fully saturated rings. The lowest BCUT2D eigenvalue weighted by atomic mass is 10.2. The maximum absolute atomic E-state index is 12.0. The summed E-state index contributed by atoms with van der Waals surface area (Å²) in [6.45, 7) is 1.59. The largest absolute Gasteiger partial charge is 0.497 e. The minimum atomic E-state index is -0.768. The van der Waals surface area contributed by atoms with Crippen LogP contribution < -0.4 is 14.9 Å². The van der Waals surface area contributed by atoms with Crippen molar-refractivity contribution in [1.29, 1.82) is 0 Å². The molecule has 0 radical (unpaired) electrons. The summed E-state index contributed by atoms with van der Waals surface area (Å²) in [6, 6.07) is 12.7. The van der Waals surface area contributed by atoms with Crippen LogP contribution in [0.1, 0.15) is 12.5 Å². The first-order chi connectivity index (χ1) is 12.0. The Balaban J connectivity index is 1.90. The number of amides is 1. The molecule has 8 nitrogen and oxygen atoms in total. The van der Waals surface area contributed by atoms with Crippen LogP contribution in [0, 0.1) is 10.1 Å². The molecule has 2 aromatic carbocycles. The molecule has 1 N–H and O–H groups in total. The van der Waals surface area contributed by atoms with Crippen molar-refractivity contribution in [1.82, 2.24) is 5.43 Å². The zero-order valence-corrected chi connectivity index (χ0v) is 13.7. The highest BCUT2D eigenvalue weighted by atomic mass is 16.6. The average molecular weight is 343 g/mol. The predicted molar refractivity (Wildman–Crippen MR) is 91.9 cm³/mol. The highest BCUT2D eigenvalue weighted by Crippen LogP contribution is 2.18. The highest BCUT2D eigenvalue weighted by Gasteiger charge is 2.14. The molecule has 130 valence electrons. The number of carbonyl (C=O) groups is 1. The van der Waals surface area contributed by atoms with Crippen LogP contribution in [0.2, 0.25) is 0 Å². The van der Waals surface area contributed by atoms with Gasteiger partial charge in [-0.3, -0.25) is 14.9 Å². The molecule has 0 spiro atoms. The number of nitro benzene ring substituents is 1. The van der Waals surface area contributed by atoms with Gasteiger partial charge in [0.1, 0.15) is 11.5 Å². The second-order valence-corrected chi connectivity index (χ2v) is 5.02. The minimum absolute atomic E-state index is 0.0496. The summed E-state index contributed by atoms with van der Waals surface area (Å²) < 4.78 is 10.5. The maximum Gasteiger partial charge on any atom is 0.280 e. The zero-order valence-electron chi connectivity index (χ0n) is 13.7. The molecule has 0 heterocycles. The minimum Gasteiger partial charge on any atom is -0.497 e. The van der Waals surface area contributed by atoms with Crippen LogP contribution in [0.15, 0.2) is 53.6 Å². The molecule has 0 saturated carbocycles. The van der Waals surface area contributed by atoms with Crippen molar-refractivity contribution in [3.05, 3.63) is 64.2 Å². The Bertz CT molecular complexity index is 774. The molecule has 0 bridgehead atoms. The standard InChI is InChI=1S/C17H17N3O5/c1-12(25-16-8-6-15(24-2)7-9-16)17(21)19-18-11-13-4-3-5-14(10-13)20(22)23/h3-12H,1-2H3,(H,19,21)/b18-11+. The van der Waals surface area contributed by atoms with Gasteiger partial charge in [-0.25, -0.2) is 5.43 Å². The molecule has 0 aliphatic heterocycles. The number of hydrazone groups is 1. The fraction of sp³-hybridized carbons (Fsp3) is 0.176. The third-order valence-corrected chi connectivity index (χ3v) is 3.21. The summed E-state index contributed by atoms with van der Waals surface area (Å²) >= 11 is 0. The molecule has 0 aromatic heterocycles. The van der Waals surface area contributed by atoms with Crippen molar-refractivity contribution in [3.8, 4) is 11.5 Å². The maximum atomic E-state index is 12.0. The average Bonchev–Trinajstić information content (AvgIpc) is 2.62. The molecule has 0 aliphatic carbocycles. The second-order valence-electron chi connectivity index (χ2n) is 5.02.